The Morgan fingerprint density at radius 1 is 1.03 bits per heavy atom. The van der Waals surface area contributed by atoms with E-state index in [9.17, 15) is 4.79 Å². The van der Waals surface area contributed by atoms with Gasteiger partial charge in [-0.15, -0.1) is 0 Å². The normalized spacial score (nSPS) is 15.6. The quantitative estimate of drug-likeness (QED) is 0.535. The third-order valence-electron chi connectivity index (χ3n) is 5.36. The Morgan fingerprint density at radius 2 is 1.81 bits per heavy atom. The van der Waals surface area contributed by atoms with Crippen LogP contribution in [0.15, 0.2) is 60.7 Å². The van der Waals surface area contributed by atoms with Crippen LogP contribution in [-0.2, 0) is 11.3 Å². The predicted molar refractivity (Wildman–Crippen MR) is 127 cm³/mol. The molecule has 3 aromatic carbocycles. The smallest absolute Gasteiger partial charge is 0.258 e. The van der Waals surface area contributed by atoms with Crippen LogP contribution in [0.3, 0.4) is 0 Å². The SMILES string of the molecule is CN(C)Cc1ccc(N/C(=C2\C(=O)Nc3cc(Cl)ccc32)c2ccc3c(c2)OCO3)cc1. The average Bonchev–Trinajstić information content (AvgIpc) is 3.35. The molecular weight excluding hydrogens is 426 g/mol. The maximum absolute atomic E-state index is 13.0. The number of halogens is 1. The van der Waals surface area contributed by atoms with Crippen LogP contribution >= 0.6 is 11.6 Å². The molecule has 7 heteroatoms. The molecule has 32 heavy (non-hydrogen) atoms. The molecule has 0 saturated carbocycles. The van der Waals surface area contributed by atoms with Gasteiger partial charge in [0.1, 0.15) is 0 Å². The second kappa shape index (κ2) is 8.22. The number of fused-ring (bicyclic) bond motifs is 2. The van der Waals surface area contributed by atoms with Crippen molar-refractivity contribution in [2.45, 2.75) is 6.54 Å². The molecule has 0 atom stereocenters. The Bertz CT molecular complexity index is 1240. The Morgan fingerprint density at radius 3 is 2.59 bits per heavy atom. The van der Waals surface area contributed by atoms with E-state index in [1.54, 1.807) is 12.1 Å². The number of nitrogens with one attached hydrogen (secondary N) is 2. The first-order valence-corrected chi connectivity index (χ1v) is 10.6. The summed E-state index contributed by atoms with van der Waals surface area (Å²) in [6.45, 7) is 1.04. The molecule has 2 N–H and O–H groups in total. The van der Waals surface area contributed by atoms with Crippen molar-refractivity contribution < 1.29 is 14.3 Å². The number of hydrogen-bond donors (Lipinski definition) is 2. The van der Waals surface area contributed by atoms with Crippen LogP contribution in [0.1, 0.15) is 16.7 Å². The third-order valence-corrected chi connectivity index (χ3v) is 5.59. The fraction of sp³-hybridized carbons (Fsp3) is 0.160. The summed E-state index contributed by atoms with van der Waals surface area (Å²) in [5.74, 6) is 1.15. The van der Waals surface area contributed by atoms with E-state index in [4.69, 9.17) is 21.1 Å². The van der Waals surface area contributed by atoms with Crippen molar-refractivity contribution in [1.29, 1.82) is 0 Å². The van der Waals surface area contributed by atoms with Gasteiger partial charge in [-0.1, -0.05) is 29.8 Å². The monoisotopic (exact) mass is 447 g/mol. The molecular formula is C25H22ClN3O3. The first-order valence-electron chi connectivity index (χ1n) is 10.2. The molecule has 0 fully saturated rings. The molecule has 2 heterocycles. The van der Waals surface area contributed by atoms with Crippen molar-refractivity contribution in [3.8, 4) is 11.5 Å². The Hall–Kier alpha value is -3.48. The summed E-state index contributed by atoms with van der Waals surface area (Å²) >= 11 is 6.14. The highest BCUT2D eigenvalue weighted by molar-refractivity contribution is 6.38. The minimum Gasteiger partial charge on any atom is -0.454 e. The van der Waals surface area contributed by atoms with Crippen LogP contribution in [0.5, 0.6) is 11.5 Å². The molecule has 2 aliphatic heterocycles. The summed E-state index contributed by atoms with van der Waals surface area (Å²) in [4.78, 5) is 15.2. The minimum atomic E-state index is -0.188. The lowest BCUT2D eigenvalue weighted by molar-refractivity contribution is -0.110. The first-order chi connectivity index (χ1) is 15.5. The molecule has 2 aliphatic rings. The van der Waals surface area contributed by atoms with E-state index in [1.807, 2.05) is 50.5 Å². The number of benzene rings is 3. The zero-order valence-corrected chi connectivity index (χ0v) is 18.5. The van der Waals surface area contributed by atoms with Crippen LogP contribution in [-0.4, -0.2) is 31.7 Å². The molecule has 0 aliphatic carbocycles. The van der Waals surface area contributed by atoms with Gasteiger partial charge in [-0.2, -0.15) is 0 Å². The highest BCUT2D eigenvalue weighted by Gasteiger charge is 2.29. The number of ether oxygens (including phenoxy) is 2. The summed E-state index contributed by atoms with van der Waals surface area (Å²) in [5, 5.41) is 6.96. The molecule has 0 aromatic heterocycles. The van der Waals surface area contributed by atoms with Gasteiger partial charge in [-0.05, 0) is 62.1 Å². The second-order valence-electron chi connectivity index (χ2n) is 8.02. The van der Waals surface area contributed by atoms with Crippen LogP contribution in [0.2, 0.25) is 5.02 Å². The van der Waals surface area contributed by atoms with Gasteiger partial charge in [0.05, 0.1) is 17.0 Å². The number of carbonyl (C=O) groups excluding carboxylic acids is 1. The van der Waals surface area contributed by atoms with Gasteiger partial charge in [0.25, 0.3) is 5.91 Å². The number of hydrogen-bond acceptors (Lipinski definition) is 5. The van der Waals surface area contributed by atoms with Gasteiger partial charge >= 0.3 is 0 Å². The van der Waals surface area contributed by atoms with E-state index in [0.29, 0.717) is 33.5 Å². The molecule has 0 spiro atoms. The Labute approximate surface area is 191 Å². The lowest BCUT2D eigenvalue weighted by Gasteiger charge is -2.16. The number of carbonyl (C=O) groups is 1. The molecule has 3 aromatic rings. The summed E-state index contributed by atoms with van der Waals surface area (Å²) in [5.41, 5.74) is 5.62. The van der Waals surface area contributed by atoms with Gasteiger partial charge in [0.2, 0.25) is 6.79 Å². The van der Waals surface area contributed by atoms with Crippen molar-refractivity contribution in [3.05, 3.63) is 82.4 Å². The number of amides is 1. The van der Waals surface area contributed by atoms with Gasteiger partial charge in [0.15, 0.2) is 11.5 Å². The number of anilines is 2. The molecule has 5 rings (SSSR count). The second-order valence-corrected chi connectivity index (χ2v) is 8.46. The fourth-order valence-corrected chi connectivity index (χ4v) is 4.10. The summed E-state index contributed by atoms with van der Waals surface area (Å²) in [7, 11) is 4.08. The largest absolute Gasteiger partial charge is 0.454 e. The fourth-order valence-electron chi connectivity index (χ4n) is 3.93. The first kappa shape index (κ1) is 20.4. The van der Waals surface area contributed by atoms with Crippen LogP contribution in [0, 0.1) is 0 Å². The molecule has 1 amide bonds. The average molecular weight is 448 g/mol. The van der Waals surface area contributed by atoms with Gasteiger partial charge in [-0.25, -0.2) is 0 Å². The predicted octanol–water partition coefficient (Wildman–Crippen LogP) is 5.06. The van der Waals surface area contributed by atoms with Gasteiger partial charge in [0, 0.05) is 28.4 Å². The summed E-state index contributed by atoms with van der Waals surface area (Å²) in [6.07, 6.45) is 0. The summed E-state index contributed by atoms with van der Waals surface area (Å²) < 4.78 is 11.0. The lowest BCUT2D eigenvalue weighted by Crippen LogP contribution is -2.11. The minimum absolute atomic E-state index is 0.188. The highest BCUT2D eigenvalue weighted by Crippen LogP contribution is 2.41. The topological polar surface area (TPSA) is 62.8 Å². The van der Waals surface area contributed by atoms with E-state index in [-0.39, 0.29) is 12.7 Å². The van der Waals surface area contributed by atoms with E-state index in [2.05, 4.69) is 27.7 Å². The molecule has 0 saturated heterocycles. The zero-order valence-electron chi connectivity index (χ0n) is 17.7. The van der Waals surface area contributed by atoms with Crippen molar-refractivity contribution in [2.75, 3.05) is 31.5 Å². The van der Waals surface area contributed by atoms with Crippen LogP contribution < -0.4 is 20.1 Å². The maximum atomic E-state index is 13.0. The van der Waals surface area contributed by atoms with Crippen molar-refractivity contribution in [2.24, 2.45) is 0 Å². The van der Waals surface area contributed by atoms with Gasteiger partial charge in [-0.3, -0.25) is 4.79 Å². The van der Waals surface area contributed by atoms with Crippen LogP contribution in [0.25, 0.3) is 11.3 Å². The highest BCUT2D eigenvalue weighted by atomic mass is 35.5. The van der Waals surface area contributed by atoms with E-state index in [0.717, 1.165) is 23.4 Å². The van der Waals surface area contributed by atoms with Crippen molar-refractivity contribution >= 4 is 40.2 Å². The molecule has 0 unspecified atom stereocenters. The van der Waals surface area contributed by atoms with Crippen molar-refractivity contribution in [1.82, 2.24) is 4.90 Å². The van der Waals surface area contributed by atoms with Crippen molar-refractivity contribution in [3.63, 3.8) is 0 Å². The zero-order chi connectivity index (χ0) is 22.2. The molecule has 6 nitrogen and oxygen atoms in total. The molecule has 162 valence electrons. The standard InChI is InChI=1S/C25H22ClN3O3/c1-29(2)13-15-3-7-18(8-4-15)27-24(16-5-10-21-22(11-16)32-14-31-21)23-19-9-6-17(26)12-20(19)28-25(23)30/h3-12,27H,13-14H2,1-2H3,(H,28,30)/b24-23-. The lowest BCUT2D eigenvalue weighted by atomic mass is 9.99. The maximum Gasteiger partial charge on any atom is 0.258 e. The van der Waals surface area contributed by atoms with Gasteiger partial charge < -0.3 is 25.0 Å². The molecule has 0 radical (unpaired) electrons. The number of nitrogens with zero attached hydrogens (tertiary/aromatic N) is 1. The summed E-state index contributed by atoms with van der Waals surface area (Å²) in [6, 6.07) is 19.3. The molecule has 0 bridgehead atoms. The third kappa shape index (κ3) is 3.90. The Kier molecular flexibility index (Phi) is 5.25. The van der Waals surface area contributed by atoms with E-state index >= 15 is 0 Å². The van der Waals surface area contributed by atoms with E-state index < -0.39 is 0 Å². The number of rotatable bonds is 5. The van der Waals surface area contributed by atoms with Crippen LogP contribution in [0.4, 0.5) is 11.4 Å². The van der Waals surface area contributed by atoms with E-state index in [1.165, 1.54) is 5.56 Å². The Balaban J connectivity index is 1.61.